The van der Waals surface area contributed by atoms with Crippen molar-refractivity contribution in [2.24, 2.45) is 0 Å². The van der Waals surface area contributed by atoms with E-state index in [2.05, 4.69) is 47.8 Å². The zero-order chi connectivity index (χ0) is 18.8. The molecule has 4 nitrogen and oxygen atoms in total. The first-order valence-corrected chi connectivity index (χ1v) is 10.0. The fraction of sp³-hybridized carbons (Fsp3) is 0.333. The molecule has 4 heteroatoms. The molecule has 0 amide bonds. The topological polar surface area (TPSA) is 39.7 Å². The Bertz CT molecular complexity index is 924. The van der Waals surface area contributed by atoms with Gasteiger partial charge in [0, 0.05) is 25.1 Å². The molecule has 2 aliphatic rings. The molecule has 4 atom stereocenters. The van der Waals surface area contributed by atoms with E-state index in [-0.39, 0.29) is 24.6 Å². The predicted octanol–water partition coefficient (Wildman–Crippen LogP) is 3.85. The van der Waals surface area contributed by atoms with Crippen LogP contribution in [0.2, 0.25) is 0 Å². The lowest BCUT2D eigenvalue weighted by molar-refractivity contribution is -0.265. The Balaban J connectivity index is 1.29. The third-order valence-corrected chi connectivity index (χ3v) is 5.61. The van der Waals surface area contributed by atoms with Crippen LogP contribution in [0.1, 0.15) is 17.4 Å². The smallest absolute Gasteiger partial charge is 0.184 e. The van der Waals surface area contributed by atoms with E-state index in [1.165, 1.54) is 16.3 Å². The van der Waals surface area contributed by atoms with E-state index in [1.807, 2.05) is 30.3 Å². The van der Waals surface area contributed by atoms with Crippen molar-refractivity contribution in [3.63, 3.8) is 0 Å². The quantitative estimate of drug-likeness (QED) is 0.755. The van der Waals surface area contributed by atoms with Gasteiger partial charge in [-0.05, 0) is 16.3 Å². The summed E-state index contributed by atoms with van der Waals surface area (Å²) in [5.74, 6) is 0. The van der Waals surface area contributed by atoms with Gasteiger partial charge in [0.25, 0.3) is 0 Å². The Kier molecular flexibility index (Phi) is 5.10. The van der Waals surface area contributed by atoms with Gasteiger partial charge >= 0.3 is 0 Å². The number of benzene rings is 3. The van der Waals surface area contributed by atoms with Crippen LogP contribution in [-0.4, -0.2) is 38.0 Å². The van der Waals surface area contributed by atoms with Crippen LogP contribution in [0, 0.1) is 0 Å². The predicted molar refractivity (Wildman–Crippen MR) is 109 cm³/mol. The van der Waals surface area contributed by atoms with E-state index < -0.39 is 0 Å². The molecular weight excluding hydrogens is 350 g/mol. The maximum atomic E-state index is 6.44. The largest absolute Gasteiger partial charge is 0.368 e. The van der Waals surface area contributed by atoms with E-state index in [0.29, 0.717) is 6.61 Å². The van der Waals surface area contributed by atoms with Crippen LogP contribution < -0.4 is 5.32 Å². The zero-order valence-corrected chi connectivity index (χ0v) is 15.8. The summed E-state index contributed by atoms with van der Waals surface area (Å²) < 4.78 is 18.6. The van der Waals surface area contributed by atoms with Crippen molar-refractivity contribution in [2.75, 3.05) is 19.7 Å². The summed E-state index contributed by atoms with van der Waals surface area (Å²) in [4.78, 5) is 0. The summed E-state index contributed by atoms with van der Waals surface area (Å²) in [6.45, 7) is 2.15. The van der Waals surface area contributed by atoms with Crippen molar-refractivity contribution < 1.29 is 14.2 Å². The van der Waals surface area contributed by atoms with Crippen molar-refractivity contribution >= 4 is 10.8 Å². The van der Waals surface area contributed by atoms with Gasteiger partial charge in [-0.1, -0.05) is 72.8 Å². The molecule has 0 bridgehead atoms. The molecule has 0 aromatic heterocycles. The molecule has 3 aromatic rings. The minimum atomic E-state index is -0.317. The number of hydrogen-bond donors (Lipinski definition) is 1. The lowest BCUT2D eigenvalue weighted by Gasteiger charge is -2.36. The van der Waals surface area contributed by atoms with E-state index in [4.69, 9.17) is 14.2 Å². The molecule has 1 N–H and O–H groups in total. The van der Waals surface area contributed by atoms with E-state index >= 15 is 0 Å². The summed E-state index contributed by atoms with van der Waals surface area (Å²) in [6.07, 6.45) is 0.606. The Morgan fingerprint density at radius 1 is 0.786 bits per heavy atom. The van der Waals surface area contributed by atoms with Crippen LogP contribution in [0.25, 0.3) is 10.8 Å². The van der Waals surface area contributed by atoms with Crippen molar-refractivity contribution in [2.45, 2.75) is 31.0 Å². The van der Waals surface area contributed by atoms with Gasteiger partial charge in [0.05, 0.1) is 12.7 Å². The molecule has 28 heavy (non-hydrogen) atoms. The monoisotopic (exact) mass is 375 g/mol. The highest BCUT2D eigenvalue weighted by Crippen LogP contribution is 2.29. The average molecular weight is 375 g/mol. The Labute approximate surface area is 165 Å². The van der Waals surface area contributed by atoms with Crippen LogP contribution in [0.5, 0.6) is 0 Å². The minimum absolute atomic E-state index is 0.00327. The average Bonchev–Trinajstić information content (AvgIpc) is 2.96. The highest BCUT2D eigenvalue weighted by atomic mass is 16.7. The van der Waals surface area contributed by atoms with Gasteiger partial charge in [0.15, 0.2) is 6.29 Å². The molecule has 2 aliphatic heterocycles. The Morgan fingerprint density at radius 3 is 2.54 bits per heavy atom. The van der Waals surface area contributed by atoms with E-state index in [9.17, 15) is 0 Å². The Morgan fingerprint density at radius 2 is 1.61 bits per heavy atom. The number of hydrogen-bond acceptors (Lipinski definition) is 4. The second kappa shape index (κ2) is 8.02. The third-order valence-electron chi connectivity index (χ3n) is 5.61. The zero-order valence-electron chi connectivity index (χ0n) is 15.8. The summed E-state index contributed by atoms with van der Waals surface area (Å²) in [6, 6.07) is 25.1. The lowest BCUT2D eigenvalue weighted by atomic mass is 10.00. The van der Waals surface area contributed by atoms with Crippen LogP contribution >= 0.6 is 0 Å². The second-order valence-electron chi connectivity index (χ2n) is 7.55. The molecule has 0 saturated carbocycles. The van der Waals surface area contributed by atoms with Gasteiger partial charge in [-0.25, -0.2) is 0 Å². The minimum Gasteiger partial charge on any atom is -0.368 e. The fourth-order valence-electron chi connectivity index (χ4n) is 4.18. The van der Waals surface area contributed by atoms with Crippen LogP contribution in [0.3, 0.4) is 0 Å². The fourth-order valence-corrected chi connectivity index (χ4v) is 4.18. The highest BCUT2D eigenvalue weighted by molar-refractivity contribution is 5.85. The van der Waals surface area contributed by atoms with Gasteiger partial charge < -0.3 is 19.5 Å². The molecule has 2 fully saturated rings. The molecule has 2 heterocycles. The van der Waals surface area contributed by atoms with E-state index in [1.54, 1.807) is 0 Å². The first kappa shape index (κ1) is 17.8. The first-order valence-electron chi connectivity index (χ1n) is 10.0. The molecule has 0 spiro atoms. The molecule has 3 aromatic carbocycles. The normalized spacial score (nSPS) is 27.9. The summed E-state index contributed by atoms with van der Waals surface area (Å²) in [7, 11) is 0. The van der Waals surface area contributed by atoms with Gasteiger partial charge in [-0.3, -0.25) is 0 Å². The van der Waals surface area contributed by atoms with Crippen LogP contribution in [0.4, 0.5) is 0 Å². The molecular formula is C24H25NO3. The third kappa shape index (κ3) is 3.69. The van der Waals surface area contributed by atoms with Crippen LogP contribution in [-0.2, 0) is 20.6 Å². The molecule has 1 unspecified atom stereocenters. The molecule has 2 saturated heterocycles. The Hall–Kier alpha value is -2.24. The van der Waals surface area contributed by atoms with E-state index in [0.717, 1.165) is 25.1 Å². The SMILES string of the molecule is c1ccc([C@@H]2OC[C@H]3OC(Cc4cccc5ccccc45)CNC[C@@H]3O2)cc1. The van der Waals surface area contributed by atoms with Crippen molar-refractivity contribution in [3.05, 3.63) is 83.9 Å². The molecule has 0 radical (unpaired) electrons. The van der Waals surface area contributed by atoms with Gasteiger partial charge in [-0.15, -0.1) is 0 Å². The molecule has 5 rings (SSSR count). The summed E-state index contributed by atoms with van der Waals surface area (Å²) in [5.41, 5.74) is 2.38. The van der Waals surface area contributed by atoms with Gasteiger partial charge in [0.1, 0.15) is 12.2 Å². The summed E-state index contributed by atoms with van der Waals surface area (Å²) in [5, 5.41) is 6.10. The van der Waals surface area contributed by atoms with Crippen molar-refractivity contribution in [1.82, 2.24) is 5.32 Å². The number of rotatable bonds is 3. The summed E-state index contributed by atoms with van der Waals surface area (Å²) >= 11 is 0. The van der Waals surface area contributed by atoms with Crippen molar-refractivity contribution in [1.29, 1.82) is 0 Å². The molecule has 144 valence electrons. The number of nitrogens with one attached hydrogen (secondary N) is 1. The first-order chi connectivity index (χ1) is 13.9. The lowest BCUT2D eigenvalue weighted by Crippen LogP contribution is -2.45. The maximum absolute atomic E-state index is 6.44. The van der Waals surface area contributed by atoms with Crippen molar-refractivity contribution in [3.8, 4) is 0 Å². The maximum Gasteiger partial charge on any atom is 0.184 e. The number of fused-ring (bicyclic) bond motifs is 2. The van der Waals surface area contributed by atoms with Gasteiger partial charge in [-0.2, -0.15) is 0 Å². The number of ether oxygens (including phenoxy) is 3. The molecule has 0 aliphatic carbocycles. The van der Waals surface area contributed by atoms with Gasteiger partial charge in [0.2, 0.25) is 0 Å². The second-order valence-corrected chi connectivity index (χ2v) is 7.55. The van der Waals surface area contributed by atoms with Crippen LogP contribution in [0.15, 0.2) is 72.8 Å². The standard InChI is InChI=1S/C24H25NO3/c1-2-8-18(9-3-1)24-26-16-23-22(28-24)15-25-14-20(27-23)13-19-11-6-10-17-7-4-5-12-21(17)19/h1-12,20,22-25H,13-16H2/t20?,22-,23+,24+/m0/s1. The highest BCUT2D eigenvalue weighted by Gasteiger charge is 2.36.